The minimum Gasteiger partial charge on any atom is -0.393 e. The highest BCUT2D eigenvalue weighted by Gasteiger charge is 2.66. The number of aliphatic hydroxyl groups excluding tert-OH is 1. The molecule has 1 N–H and O–H groups in total. The minimum absolute atomic E-state index is 0.0147. The van der Waals surface area contributed by atoms with Crippen molar-refractivity contribution in [3.8, 4) is 0 Å². The highest BCUT2D eigenvalue weighted by atomic mass is 16.5. The molecule has 0 unspecified atom stereocenters. The van der Waals surface area contributed by atoms with Gasteiger partial charge in [-0.2, -0.15) is 0 Å². The SMILES string of the molecule is C=CCO[C@@H]1CC[C@@]2(C)[C@@H](C1)C[C@@H](O)[C@@H]1[C@@H]2C[C@H](OCC=C)[C@]2(C)[C@@H]([C@H](C)CCCOC(c3ccccc3)(c3ccccc3)c3ccccc3)CC[C@@H]12. The van der Waals surface area contributed by atoms with Crippen LogP contribution in [0.5, 0.6) is 0 Å². The van der Waals surface area contributed by atoms with Gasteiger partial charge in [-0.3, -0.25) is 0 Å². The molecule has 0 aromatic heterocycles. The first-order valence-electron chi connectivity index (χ1n) is 20.7. The maximum absolute atomic E-state index is 12.1. The largest absolute Gasteiger partial charge is 0.393 e. The Kier molecular flexibility index (Phi) is 11.8. The number of ether oxygens (including phenoxy) is 3. The normalized spacial score (nSPS) is 34.3. The Morgan fingerprint density at radius 1 is 0.774 bits per heavy atom. The maximum Gasteiger partial charge on any atom is 0.143 e. The number of fused-ring (bicyclic) bond motifs is 5. The second kappa shape index (κ2) is 16.4. The van der Waals surface area contributed by atoms with Gasteiger partial charge >= 0.3 is 0 Å². The smallest absolute Gasteiger partial charge is 0.143 e. The number of rotatable bonds is 15. The van der Waals surface area contributed by atoms with Crippen LogP contribution in [0.2, 0.25) is 0 Å². The van der Waals surface area contributed by atoms with E-state index in [1.165, 1.54) is 19.3 Å². The predicted octanol–water partition coefficient (Wildman–Crippen LogP) is 10.8. The lowest BCUT2D eigenvalue weighted by Gasteiger charge is -2.64. The van der Waals surface area contributed by atoms with Gasteiger partial charge in [0.2, 0.25) is 0 Å². The third-order valence-electron chi connectivity index (χ3n) is 15.0. The van der Waals surface area contributed by atoms with E-state index in [4.69, 9.17) is 14.2 Å². The van der Waals surface area contributed by atoms with Crippen LogP contribution < -0.4 is 0 Å². The predicted molar refractivity (Wildman–Crippen MR) is 215 cm³/mol. The van der Waals surface area contributed by atoms with E-state index in [0.717, 1.165) is 55.2 Å². The number of hydrogen-bond donors (Lipinski definition) is 1. The van der Waals surface area contributed by atoms with E-state index in [1.54, 1.807) is 0 Å². The van der Waals surface area contributed by atoms with Crippen LogP contribution in [-0.4, -0.2) is 43.2 Å². The fraction of sp³-hybridized carbons (Fsp3) is 0.551. The summed E-state index contributed by atoms with van der Waals surface area (Å²) in [6, 6.07) is 32.1. The molecule has 0 bridgehead atoms. The molecule has 0 spiro atoms. The number of aliphatic hydroxyl groups is 1. The zero-order valence-corrected chi connectivity index (χ0v) is 32.6. The standard InChI is InChI=1S/C49H64O4/c1-6-29-51-40-27-28-47(4)39(32-40)33-44(50)46-42-26-25-41(48(42,5)45(34-43(46)47)52-30-7-2)35(3)18-17-31-53-49(36-19-11-8-12-20-36,37-21-13-9-14-22-37)38-23-15-10-16-24-38/h6-16,19-24,35,39-46,50H,1-2,17-18,25-34H2,3-5H3/t35-,39+,40-,41-,42+,43+,44-,45+,46+,47+,48-/m1/s1. The summed E-state index contributed by atoms with van der Waals surface area (Å²) < 4.78 is 20.2. The van der Waals surface area contributed by atoms with Gasteiger partial charge in [0.1, 0.15) is 5.60 Å². The molecule has 4 aliphatic rings. The van der Waals surface area contributed by atoms with Gasteiger partial charge in [-0.15, -0.1) is 13.2 Å². The van der Waals surface area contributed by atoms with Crippen LogP contribution in [0.1, 0.15) is 95.2 Å². The molecule has 11 atom stereocenters. The molecule has 3 aromatic rings. The summed E-state index contributed by atoms with van der Waals surface area (Å²) in [6.45, 7) is 17.3. The van der Waals surface area contributed by atoms with Crippen LogP contribution in [0.4, 0.5) is 0 Å². The van der Waals surface area contributed by atoms with Gasteiger partial charge in [0, 0.05) is 12.0 Å². The summed E-state index contributed by atoms with van der Waals surface area (Å²) >= 11 is 0. The van der Waals surface area contributed by atoms with Gasteiger partial charge in [0.05, 0.1) is 31.5 Å². The highest BCUT2D eigenvalue weighted by molar-refractivity contribution is 5.47. The van der Waals surface area contributed by atoms with Gasteiger partial charge in [0.15, 0.2) is 0 Å². The molecule has 284 valence electrons. The van der Waals surface area contributed by atoms with E-state index < -0.39 is 5.60 Å². The molecule has 0 heterocycles. The Bertz CT molecular complexity index is 1530. The lowest BCUT2D eigenvalue weighted by molar-refractivity contribution is -0.217. The fourth-order valence-electron chi connectivity index (χ4n) is 12.5. The molecule has 4 nitrogen and oxygen atoms in total. The first-order valence-corrected chi connectivity index (χ1v) is 20.7. The molecule has 0 saturated heterocycles. The summed E-state index contributed by atoms with van der Waals surface area (Å²) in [4.78, 5) is 0. The molecule has 4 aliphatic carbocycles. The molecule has 4 heteroatoms. The van der Waals surface area contributed by atoms with Crippen molar-refractivity contribution in [2.75, 3.05) is 19.8 Å². The summed E-state index contributed by atoms with van der Waals surface area (Å²) in [5.74, 6) is 2.79. The van der Waals surface area contributed by atoms with E-state index in [1.807, 2.05) is 12.2 Å². The molecule has 3 aromatic carbocycles. The Labute approximate surface area is 320 Å². The van der Waals surface area contributed by atoms with Crippen molar-refractivity contribution in [1.29, 1.82) is 0 Å². The monoisotopic (exact) mass is 716 g/mol. The van der Waals surface area contributed by atoms with Crippen molar-refractivity contribution >= 4 is 0 Å². The van der Waals surface area contributed by atoms with Crippen LogP contribution in [0.15, 0.2) is 116 Å². The minimum atomic E-state index is -0.693. The van der Waals surface area contributed by atoms with Crippen LogP contribution in [0.3, 0.4) is 0 Å². The Morgan fingerprint density at radius 2 is 1.36 bits per heavy atom. The lowest BCUT2D eigenvalue weighted by atomic mass is 9.43. The Hall–Kier alpha value is -3.02. The van der Waals surface area contributed by atoms with E-state index in [-0.39, 0.29) is 29.1 Å². The lowest BCUT2D eigenvalue weighted by Crippen LogP contribution is -2.62. The van der Waals surface area contributed by atoms with Crippen LogP contribution in [-0.2, 0) is 19.8 Å². The molecule has 0 aliphatic heterocycles. The topological polar surface area (TPSA) is 47.9 Å². The van der Waals surface area contributed by atoms with Crippen molar-refractivity contribution in [1.82, 2.24) is 0 Å². The van der Waals surface area contributed by atoms with Gasteiger partial charge in [-0.1, -0.05) is 124 Å². The molecule has 53 heavy (non-hydrogen) atoms. The maximum atomic E-state index is 12.1. The molecule has 7 rings (SSSR count). The fourth-order valence-corrected chi connectivity index (χ4v) is 12.5. The van der Waals surface area contributed by atoms with Crippen molar-refractivity contribution in [2.45, 2.75) is 102 Å². The quantitative estimate of drug-likeness (QED) is 0.0966. The molecular formula is C49H64O4. The number of benzene rings is 3. The third kappa shape index (κ3) is 7.03. The number of hydrogen-bond acceptors (Lipinski definition) is 4. The van der Waals surface area contributed by atoms with Crippen molar-refractivity contribution in [2.24, 2.45) is 46.3 Å². The summed E-state index contributed by atoms with van der Waals surface area (Å²) in [5, 5.41) is 12.1. The van der Waals surface area contributed by atoms with Crippen molar-refractivity contribution in [3.05, 3.63) is 133 Å². The van der Waals surface area contributed by atoms with Gasteiger partial charge in [0.25, 0.3) is 0 Å². The highest BCUT2D eigenvalue weighted by Crippen LogP contribution is 2.69. The second-order valence-corrected chi connectivity index (χ2v) is 17.5. The van der Waals surface area contributed by atoms with Gasteiger partial charge < -0.3 is 19.3 Å². The van der Waals surface area contributed by atoms with Crippen LogP contribution in [0, 0.1) is 46.3 Å². The Morgan fingerprint density at radius 3 is 1.94 bits per heavy atom. The van der Waals surface area contributed by atoms with E-state index in [2.05, 4.69) is 125 Å². The molecule has 0 radical (unpaired) electrons. The van der Waals surface area contributed by atoms with Crippen LogP contribution in [0.25, 0.3) is 0 Å². The molecule has 4 fully saturated rings. The second-order valence-electron chi connectivity index (χ2n) is 17.5. The first-order chi connectivity index (χ1) is 25.8. The van der Waals surface area contributed by atoms with Gasteiger partial charge in [-0.25, -0.2) is 0 Å². The van der Waals surface area contributed by atoms with Crippen molar-refractivity contribution in [3.63, 3.8) is 0 Å². The van der Waals surface area contributed by atoms with E-state index >= 15 is 0 Å². The zero-order valence-electron chi connectivity index (χ0n) is 32.6. The third-order valence-corrected chi connectivity index (χ3v) is 15.0. The average Bonchev–Trinajstić information content (AvgIpc) is 3.55. The Balaban J connectivity index is 1.09. The van der Waals surface area contributed by atoms with Crippen LogP contribution >= 0.6 is 0 Å². The van der Waals surface area contributed by atoms with E-state index in [9.17, 15) is 5.11 Å². The molecule has 4 saturated carbocycles. The van der Waals surface area contributed by atoms with Crippen molar-refractivity contribution < 1.29 is 19.3 Å². The molecular weight excluding hydrogens is 653 g/mol. The van der Waals surface area contributed by atoms with E-state index in [0.29, 0.717) is 55.3 Å². The summed E-state index contributed by atoms with van der Waals surface area (Å²) in [7, 11) is 0. The summed E-state index contributed by atoms with van der Waals surface area (Å²) in [6.07, 6.45) is 13.7. The zero-order chi connectivity index (χ0) is 37.1. The first kappa shape index (κ1) is 38.3. The summed E-state index contributed by atoms with van der Waals surface area (Å²) in [5.41, 5.74) is 2.97. The van der Waals surface area contributed by atoms with Gasteiger partial charge in [-0.05, 0) is 115 Å². The average molecular weight is 717 g/mol. The molecule has 0 amide bonds.